The molecular formula is C24H34N4O3. The molecule has 2 aromatic rings. The largest absolute Gasteiger partial charge is 0.351 e. The Morgan fingerprint density at radius 3 is 2.71 bits per heavy atom. The molecule has 1 N–H and O–H groups in total. The molecular weight excluding hydrogens is 392 g/mol. The van der Waals surface area contributed by atoms with Crippen molar-refractivity contribution in [2.45, 2.75) is 72.1 Å². The number of hydrogen-bond donors (Lipinski definition) is 1. The van der Waals surface area contributed by atoms with Gasteiger partial charge >= 0.3 is 0 Å². The van der Waals surface area contributed by atoms with Crippen molar-refractivity contribution >= 4 is 22.9 Å². The van der Waals surface area contributed by atoms with Gasteiger partial charge in [-0.3, -0.25) is 9.59 Å². The van der Waals surface area contributed by atoms with E-state index in [9.17, 15) is 9.59 Å². The van der Waals surface area contributed by atoms with Crippen LogP contribution in [0.25, 0.3) is 11.1 Å². The highest BCUT2D eigenvalue weighted by Gasteiger charge is 2.30. The molecule has 1 aliphatic heterocycles. The molecule has 1 saturated carbocycles. The second kappa shape index (κ2) is 8.60. The minimum absolute atomic E-state index is 0.00467. The summed E-state index contributed by atoms with van der Waals surface area (Å²) >= 11 is 0. The fraction of sp³-hybridized carbons (Fsp3) is 0.667. The summed E-state index contributed by atoms with van der Waals surface area (Å²) in [5.74, 6) is 0.874. The first-order valence-corrected chi connectivity index (χ1v) is 11.6. The standard InChI is InChI=1S/C24H34N4O3/c1-15-6-5-11-28(14-15)20(29)9-10-25-22(30)17-12-18(16-7-8-16)26-23-21(17)19(27-31-23)13-24(2,3)4/h12,15-16H,5-11,13-14H2,1-4H3,(H,25,30). The van der Waals surface area contributed by atoms with Crippen LogP contribution < -0.4 is 5.32 Å². The third kappa shape index (κ3) is 5.25. The number of nitrogens with one attached hydrogen (secondary N) is 1. The third-order valence-electron chi connectivity index (χ3n) is 6.11. The molecule has 2 aliphatic rings. The van der Waals surface area contributed by atoms with E-state index in [1.807, 2.05) is 11.0 Å². The molecule has 2 aromatic heterocycles. The monoisotopic (exact) mass is 426 g/mol. The van der Waals surface area contributed by atoms with E-state index < -0.39 is 0 Å². The lowest BCUT2D eigenvalue weighted by molar-refractivity contribution is -0.132. The van der Waals surface area contributed by atoms with Gasteiger partial charge in [-0.1, -0.05) is 32.9 Å². The smallest absolute Gasteiger partial charge is 0.259 e. The van der Waals surface area contributed by atoms with Gasteiger partial charge in [0.25, 0.3) is 11.6 Å². The number of pyridine rings is 1. The molecule has 168 valence electrons. The highest BCUT2D eigenvalue weighted by Crippen LogP contribution is 2.41. The van der Waals surface area contributed by atoms with Gasteiger partial charge in [-0.25, -0.2) is 4.98 Å². The van der Waals surface area contributed by atoms with Gasteiger partial charge in [-0.05, 0) is 49.5 Å². The molecule has 0 bridgehead atoms. The van der Waals surface area contributed by atoms with Crippen molar-refractivity contribution in [3.63, 3.8) is 0 Å². The first-order chi connectivity index (χ1) is 14.7. The maximum Gasteiger partial charge on any atom is 0.259 e. The predicted octanol–water partition coefficient (Wildman–Crippen LogP) is 4.07. The fourth-order valence-corrected chi connectivity index (χ4v) is 4.37. The second-order valence-corrected chi connectivity index (χ2v) is 10.5. The van der Waals surface area contributed by atoms with E-state index in [0.717, 1.165) is 43.7 Å². The first kappa shape index (κ1) is 21.8. The first-order valence-electron chi connectivity index (χ1n) is 11.6. The van der Waals surface area contributed by atoms with Gasteiger partial charge in [0, 0.05) is 37.7 Å². The van der Waals surface area contributed by atoms with Crippen LogP contribution in [0.1, 0.15) is 87.5 Å². The van der Waals surface area contributed by atoms with Crippen molar-refractivity contribution in [2.24, 2.45) is 11.3 Å². The third-order valence-corrected chi connectivity index (χ3v) is 6.11. The molecule has 0 aromatic carbocycles. The van der Waals surface area contributed by atoms with E-state index in [2.05, 4.69) is 43.2 Å². The Morgan fingerprint density at radius 1 is 1.26 bits per heavy atom. The topological polar surface area (TPSA) is 88.3 Å². The van der Waals surface area contributed by atoms with E-state index in [1.54, 1.807) is 0 Å². The summed E-state index contributed by atoms with van der Waals surface area (Å²) in [5.41, 5.74) is 2.67. The van der Waals surface area contributed by atoms with Crippen LogP contribution in [0.4, 0.5) is 0 Å². The van der Waals surface area contributed by atoms with Crippen molar-refractivity contribution in [1.29, 1.82) is 0 Å². The molecule has 7 nitrogen and oxygen atoms in total. The number of fused-ring (bicyclic) bond motifs is 1. The quantitative estimate of drug-likeness (QED) is 0.752. The number of amides is 2. The van der Waals surface area contributed by atoms with Crippen molar-refractivity contribution in [2.75, 3.05) is 19.6 Å². The van der Waals surface area contributed by atoms with Gasteiger partial charge in [0.05, 0.1) is 16.6 Å². The van der Waals surface area contributed by atoms with Crippen LogP contribution in [-0.2, 0) is 11.2 Å². The lowest BCUT2D eigenvalue weighted by Gasteiger charge is -2.31. The van der Waals surface area contributed by atoms with Crippen LogP contribution in [0.3, 0.4) is 0 Å². The van der Waals surface area contributed by atoms with Crippen molar-refractivity contribution in [1.82, 2.24) is 20.4 Å². The number of carbonyl (C=O) groups is 2. The zero-order valence-electron chi connectivity index (χ0n) is 19.2. The van der Waals surface area contributed by atoms with Gasteiger partial charge in [0.1, 0.15) is 0 Å². The zero-order chi connectivity index (χ0) is 22.2. The minimum Gasteiger partial charge on any atom is -0.351 e. The van der Waals surface area contributed by atoms with E-state index in [0.29, 0.717) is 47.9 Å². The van der Waals surface area contributed by atoms with Crippen molar-refractivity contribution < 1.29 is 14.1 Å². The molecule has 7 heteroatoms. The lowest BCUT2D eigenvalue weighted by atomic mass is 9.89. The SMILES string of the molecule is CC1CCCN(C(=O)CCNC(=O)c2cc(C3CC3)nc3onc(CC(C)(C)C)c23)C1. The Kier molecular flexibility index (Phi) is 6.04. The molecule has 1 aliphatic carbocycles. The molecule has 0 radical (unpaired) electrons. The van der Waals surface area contributed by atoms with Crippen LogP contribution >= 0.6 is 0 Å². The van der Waals surface area contributed by atoms with Crippen LogP contribution in [0.15, 0.2) is 10.6 Å². The molecule has 0 spiro atoms. The summed E-state index contributed by atoms with van der Waals surface area (Å²) in [6.07, 6.45) is 5.42. The van der Waals surface area contributed by atoms with Crippen molar-refractivity contribution in [3.8, 4) is 0 Å². The number of carbonyl (C=O) groups excluding carboxylic acids is 2. The second-order valence-electron chi connectivity index (χ2n) is 10.5. The number of likely N-dealkylation sites (tertiary alicyclic amines) is 1. The van der Waals surface area contributed by atoms with Gasteiger partial charge in [-0.15, -0.1) is 0 Å². The molecule has 1 unspecified atom stereocenters. The fourth-order valence-electron chi connectivity index (χ4n) is 4.37. The van der Waals surface area contributed by atoms with Gasteiger partial charge in [0.2, 0.25) is 5.91 Å². The van der Waals surface area contributed by atoms with Crippen molar-refractivity contribution in [3.05, 3.63) is 23.0 Å². The van der Waals surface area contributed by atoms with Gasteiger partial charge in [0.15, 0.2) is 0 Å². The average Bonchev–Trinajstić information content (AvgIpc) is 3.48. The molecule has 2 amide bonds. The van der Waals surface area contributed by atoms with E-state index in [4.69, 9.17) is 4.52 Å². The Morgan fingerprint density at radius 2 is 2.03 bits per heavy atom. The average molecular weight is 427 g/mol. The minimum atomic E-state index is -0.188. The summed E-state index contributed by atoms with van der Waals surface area (Å²) in [5, 5.41) is 7.90. The van der Waals surface area contributed by atoms with Gasteiger partial charge < -0.3 is 14.7 Å². The molecule has 1 atom stereocenters. The van der Waals surface area contributed by atoms with Crippen LogP contribution in [0, 0.1) is 11.3 Å². The summed E-state index contributed by atoms with van der Waals surface area (Å²) in [6.45, 7) is 10.5. The number of aromatic nitrogens is 2. The van der Waals surface area contributed by atoms with Crippen LogP contribution in [-0.4, -0.2) is 46.5 Å². The van der Waals surface area contributed by atoms with E-state index in [1.165, 1.54) is 6.42 Å². The number of nitrogens with zero attached hydrogens (tertiary/aromatic N) is 3. The number of rotatable bonds is 6. The Balaban J connectivity index is 1.49. The molecule has 4 rings (SSSR count). The Hall–Kier alpha value is -2.44. The maximum absolute atomic E-state index is 13.1. The van der Waals surface area contributed by atoms with E-state index in [-0.39, 0.29) is 17.2 Å². The molecule has 31 heavy (non-hydrogen) atoms. The van der Waals surface area contributed by atoms with Gasteiger partial charge in [-0.2, -0.15) is 0 Å². The highest BCUT2D eigenvalue weighted by molar-refractivity contribution is 6.06. The number of piperidine rings is 1. The Bertz CT molecular complexity index is 971. The number of hydrogen-bond acceptors (Lipinski definition) is 5. The molecule has 2 fully saturated rings. The normalized spacial score (nSPS) is 19.6. The van der Waals surface area contributed by atoms with E-state index >= 15 is 0 Å². The predicted molar refractivity (Wildman–Crippen MR) is 119 cm³/mol. The van der Waals surface area contributed by atoms with Crippen LogP contribution in [0.2, 0.25) is 0 Å². The summed E-state index contributed by atoms with van der Waals surface area (Å²) in [4.78, 5) is 32.2. The van der Waals surface area contributed by atoms with Crippen LogP contribution in [0.5, 0.6) is 0 Å². The summed E-state index contributed by atoms with van der Waals surface area (Å²) in [6, 6.07) is 1.90. The highest BCUT2D eigenvalue weighted by atomic mass is 16.5. The summed E-state index contributed by atoms with van der Waals surface area (Å²) in [7, 11) is 0. The Labute approximate surface area is 183 Å². The zero-order valence-corrected chi connectivity index (χ0v) is 19.2. The lowest BCUT2D eigenvalue weighted by Crippen LogP contribution is -2.40. The molecule has 3 heterocycles. The maximum atomic E-state index is 13.1. The molecule has 1 saturated heterocycles. The summed E-state index contributed by atoms with van der Waals surface area (Å²) < 4.78 is 5.53.